The fourth-order valence-corrected chi connectivity index (χ4v) is 2.98. The van der Waals surface area contributed by atoms with Gasteiger partial charge >= 0.3 is 0 Å². The van der Waals surface area contributed by atoms with Crippen LogP contribution < -0.4 is 5.32 Å². The highest BCUT2D eigenvalue weighted by Crippen LogP contribution is 2.37. The van der Waals surface area contributed by atoms with Crippen LogP contribution >= 0.6 is 0 Å². The fourth-order valence-electron chi connectivity index (χ4n) is 2.98. The molecule has 1 amide bonds. The average molecular weight is 325 g/mol. The summed E-state index contributed by atoms with van der Waals surface area (Å²) in [5.74, 6) is 3.12. The normalized spacial score (nSPS) is 18.3. The van der Waals surface area contributed by atoms with E-state index in [4.69, 9.17) is 6.42 Å². The third-order valence-electron chi connectivity index (χ3n) is 4.50. The van der Waals surface area contributed by atoms with Gasteiger partial charge < -0.3 is 5.32 Å². The van der Waals surface area contributed by atoms with Gasteiger partial charge in [0.25, 0.3) is 0 Å². The van der Waals surface area contributed by atoms with Crippen molar-refractivity contribution in [2.24, 2.45) is 10.2 Å². The van der Waals surface area contributed by atoms with Gasteiger partial charge in [0.2, 0.25) is 5.91 Å². The van der Waals surface area contributed by atoms with Gasteiger partial charge in [-0.15, -0.1) is 12.3 Å². The molecule has 0 aliphatic carbocycles. The Labute approximate surface area is 142 Å². The molecule has 0 radical (unpaired) electrons. The van der Waals surface area contributed by atoms with Crippen LogP contribution in [0, 0.1) is 12.3 Å². The number of carbonyl (C=O) groups is 1. The third kappa shape index (κ3) is 4.62. The summed E-state index contributed by atoms with van der Waals surface area (Å²) in [6, 6.07) is 3.89. The molecule has 0 bridgehead atoms. The Morgan fingerprint density at radius 3 is 2.71 bits per heavy atom. The van der Waals surface area contributed by atoms with Crippen LogP contribution in [0.4, 0.5) is 5.82 Å². The van der Waals surface area contributed by atoms with Crippen molar-refractivity contribution < 1.29 is 4.79 Å². The van der Waals surface area contributed by atoms with E-state index in [1.165, 1.54) is 18.4 Å². The van der Waals surface area contributed by atoms with Crippen molar-refractivity contribution in [1.29, 1.82) is 0 Å². The predicted molar refractivity (Wildman–Crippen MR) is 92.3 cm³/mol. The van der Waals surface area contributed by atoms with Crippen molar-refractivity contribution in [3.05, 3.63) is 23.9 Å². The Kier molecular flexibility index (Phi) is 5.21. The molecule has 24 heavy (non-hydrogen) atoms. The second-order valence-electron chi connectivity index (χ2n) is 6.47. The quantitative estimate of drug-likeness (QED) is 0.747. The van der Waals surface area contributed by atoms with E-state index in [0.29, 0.717) is 25.1 Å². The topological polar surface area (TPSA) is 70.0 Å². The van der Waals surface area contributed by atoms with E-state index < -0.39 is 5.66 Å². The first kappa shape index (κ1) is 16.6. The highest BCUT2D eigenvalue weighted by atomic mass is 16.1. The lowest BCUT2D eigenvalue weighted by atomic mass is 10.0. The molecular weight excluding hydrogens is 302 g/mol. The Morgan fingerprint density at radius 2 is 2.08 bits per heavy atom. The molecule has 0 atom stereocenters. The number of hydrogen-bond donors (Lipinski definition) is 1. The molecule has 0 spiro atoms. The molecule has 0 unspecified atom stereocenters. The minimum absolute atomic E-state index is 0.0628. The van der Waals surface area contributed by atoms with E-state index in [-0.39, 0.29) is 5.91 Å². The second-order valence-corrected chi connectivity index (χ2v) is 6.47. The van der Waals surface area contributed by atoms with Gasteiger partial charge in [-0.2, -0.15) is 10.2 Å². The van der Waals surface area contributed by atoms with Gasteiger partial charge in [0, 0.05) is 38.4 Å². The van der Waals surface area contributed by atoms with Gasteiger partial charge in [-0.05, 0) is 37.6 Å². The number of hydrogen-bond acceptors (Lipinski definition) is 5. The highest BCUT2D eigenvalue weighted by molar-refractivity contribution is 5.89. The summed E-state index contributed by atoms with van der Waals surface area (Å²) in [5, 5.41) is 10.9. The smallest absolute Gasteiger partial charge is 0.225 e. The van der Waals surface area contributed by atoms with E-state index in [0.717, 1.165) is 26.1 Å². The molecule has 1 fully saturated rings. The lowest BCUT2D eigenvalue weighted by Crippen LogP contribution is -2.19. The molecule has 1 saturated heterocycles. The maximum absolute atomic E-state index is 12.0. The first-order valence-corrected chi connectivity index (χ1v) is 8.54. The SMILES string of the molecule is C#CCCC1(CCC(=O)Nc2ccc(CN3CCCC3)cn2)N=N1. The number of rotatable bonds is 8. The van der Waals surface area contributed by atoms with Crippen LogP contribution in [0.15, 0.2) is 28.6 Å². The van der Waals surface area contributed by atoms with Gasteiger partial charge in [-0.25, -0.2) is 4.98 Å². The highest BCUT2D eigenvalue weighted by Gasteiger charge is 2.39. The number of anilines is 1. The van der Waals surface area contributed by atoms with E-state index in [2.05, 4.69) is 31.3 Å². The summed E-state index contributed by atoms with van der Waals surface area (Å²) >= 11 is 0. The maximum Gasteiger partial charge on any atom is 0.225 e. The number of carbonyl (C=O) groups excluding carboxylic acids is 1. The van der Waals surface area contributed by atoms with Crippen LogP contribution in [0.25, 0.3) is 0 Å². The Bertz CT molecular complexity index is 634. The summed E-state index contributed by atoms with van der Waals surface area (Å²) in [5.41, 5.74) is 0.773. The number of aromatic nitrogens is 1. The van der Waals surface area contributed by atoms with Crippen LogP contribution in [-0.2, 0) is 11.3 Å². The minimum Gasteiger partial charge on any atom is -0.311 e. The number of nitrogens with zero attached hydrogens (tertiary/aromatic N) is 4. The van der Waals surface area contributed by atoms with Gasteiger partial charge in [-0.3, -0.25) is 9.69 Å². The van der Waals surface area contributed by atoms with E-state index in [1.54, 1.807) is 0 Å². The summed E-state index contributed by atoms with van der Waals surface area (Å²) < 4.78 is 0. The molecule has 1 aromatic heterocycles. The largest absolute Gasteiger partial charge is 0.311 e. The van der Waals surface area contributed by atoms with Crippen LogP contribution in [0.5, 0.6) is 0 Å². The number of pyridine rings is 1. The monoisotopic (exact) mass is 325 g/mol. The molecule has 2 aliphatic rings. The van der Waals surface area contributed by atoms with Crippen LogP contribution in [0.2, 0.25) is 0 Å². The number of terminal acetylenes is 1. The van der Waals surface area contributed by atoms with E-state index in [9.17, 15) is 4.79 Å². The molecule has 1 aromatic rings. The predicted octanol–water partition coefficient (Wildman–Crippen LogP) is 2.97. The second kappa shape index (κ2) is 7.54. The molecule has 3 heterocycles. The standard InChI is InChI=1S/C18H23N5O/c1-2-3-9-18(21-22-18)10-8-17(24)20-16-7-6-15(13-19-16)14-23-11-4-5-12-23/h1,6-7,13H,3-5,8-12,14H2,(H,19,20,24). The van der Waals surface area contributed by atoms with E-state index in [1.807, 2.05) is 18.3 Å². The van der Waals surface area contributed by atoms with Gasteiger partial charge in [0.15, 0.2) is 5.66 Å². The summed E-state index contributed by atoms with van der Waals surface area (Å²) in [7, 11) is 0. The summed E-state index contributed by atoms with van der Waals surface area (Å²) in [4.78, 5) is 18.8. The first-order valence-electron chi connectivity index (χ1n) is 8.54. The van der Waals surface area contributed by atoms with Crippen LogP contribution in [0.1, 0.15) is 44.1 Å². The van der Waals surface area contributed by atoms with Crippen LogP contribution in [0.3, 0.4) is 0 Å². The molecular formula is C18H23N5O. The first-order chi connectivity index (χ1) is 11.7. The average Bonchev–Trinajstić information content (AvgIpc) is 3.18. The van der Waals surface area contributed by atoms with E-state index >= 15 is 0 Å². The Balaban J connectivity index is 1.42. The zero-order valence-electron chi connectivity index (χ0n) is 13.9. The van der Waals surface area contributed by atoms with Gasteiger partial charge in [0.05, 0.1) is 0 Å². The van der Waals surface area contributed by atoms with Crippen LogP contribution in [-0.4, -0.2) is 34.5 Å². The minimum atomic E-state index is -0.406. The van der Waals surface area contributed by atoms with Crippen molar-refractivity contribution in [3.63, 3.8) is 0 Å². The molecule has 1 N–H and O–H groups in total. The number of nitrogens with one attached hydrogen (secondary N) is 1. The molecule has 2 aliphatic heterocycles. The van der Waals surface area contributed by atoms with Crippen molar-refractivity contribution in [2.45, 2.75) is 50.7 Å². The Hall–Kier alpha value is -2.26. The van der Waals surface area contributed by atoms with Crippen molar-refractivity contribution >= 4 is 11.7 Å². The third-order valence-corrected chi connectivity index (χ3v) is 4.50. The van der Waals surface area contributed by atoms with Crippen molar-refractivity contribution in [2.75, 3.05) is 18.4 Å². The lowest BCUT2D eigenvalue weighted by Gasteiger charge is -2.14. The molecule has 0 aromatic carbocycles. The Morgan fingerprint density at radius 1 is 1.29 bits per heavy atom. The van der Waals surface area contributed by atoms with Crippen molar-refractivity contribution in [3.8, 4) is 12.3 Å². The molecule has 6 heteroatoms. The molecule has 0 saturated carbocycles. The van der Waals surface area contributed by atoms with Crippen molar-refractivity contribution in [1.82, 2.24) is 9.88 Å². The molecule has 3 rings (SSSR count). The number of amides is 1. The maximum atomic E-state index is 12.0. The molecule has 6 nitrogen and oxygen atoms in total. The van der Waals surface area contributed by atoms with Gasteiger partial charge in [-0.1, -0.05) is 6.07 Å². The zero-order chi connectivity index (χ0) is 16.8. The molecule has 126 valence electrons. The zero-order valence-corrected chi connectivity index (χ0v) is 13.9. The number of likely N-dealkylation sites (tertiary alicyclic amines) is 1. The summed E-state index contributed by atoms with van der Waals surface area (Å²) in [6.07, 6.45) is 12.0. The van der Waals surface area contributed by atoms with Gasteiger partial charge in [0.1, 0.15) is 5.82 Å². The lowest BCUT2D eigenvalue weighted by molar-refractivity contribution is -0.116. The fraction of sp³-hybridized carbons (Fsp3) is 0.556. The summed E-state index contributed by atoms with van der Waals surface area (Å²) in [6.45, 7) is 3.26.